The van der Waals surface area contributed by atoms with Gasteiger partial charge in [-0.05, 0) is 30.3 Å². The molecule has 4 heteroatoms. The van der Waals surface area contributed by atoms with E-state index < -0.39 is 5.97 Å². The first kappa shape index (κ1) is 10.5. The first-order valence-corrected chi connectivity index (χ1v) is 5.51. The molecule has 0 bridgehead atoms. The maximum absolute atomic E-state index is 11.2. The lowest BCUT2D eigenvalue weighted by atomic mass is 10.00. The molecule has 1 aromatic carbocycles. The largest absolute Gasteiger partial charge is 0.478 e. The molecule has 0 spiro atoms. The predicted octanol–water partition coefficient (Wildman–Crippen LogP) is 2.97. The molecule has 0 amide bonds. The number of allylic oxidation sites excluding steroid dienone is 1. The summed E-state index contributed by atoms with van der Waals surface area (Å²) in [7, 11) is 0. The maximum atomic E-state index is 11.2. The van der Waals surface area contributed by atoms with E-state index in [0.717, 1.165) is 11.3 Å². The number of fused-ring (bicyclic) bond motifs is 1. The molecule has 1 aromatic heterocycles. The molecule has 0 saturated heterocycles. The monoisotopic (exact) mass is 238 g/mol. The van der Waals surface area contributed by atoms with Gasteiger partial charge in [0, 0.05) is 29.2 Å². The van der Waals surface area contributed by atoms with E-state index in [4.69, 9.17) is 0 Å². The Morgan fingerprint density at radius 2 is 2.17 bits per heavy atom. The lowest BCUT2D eigenvalue weighted by molar-refractivity contribution is 0.0696. The van der Waals surface area contributed by atoms with Crippen LogP contribution in [0.4, 0.5) is 5.69 Å². The third-order valence-corrected chi connectivity index (χ3v) is 2.84. The fourth-order valence-electron chi connectivity index (χ4n) is 2.04. The minimum Gasteiger partial charge on any atom is -0.478 e. The van der Waals surface area contributed by atoms with Gasteiger partial charge < -0.3 is 10.1 Å². The molecule has 2 aromatic rings. The molecule has 0 unspecified atom stereocenters. The van der Waals surface area contributed by atoms with Crippen LogP contribution in [0.1, 0.15) is 21.6 Å². The van der Waals surface area contributed by atoms with E-state index in [1.165, 1.54) is 0 Å². The molecule has 0 atom stereocenters. The fourth-order valence-corrected chi connectivity index (χ4v) is 2.04. The van der Waals surface area contributed by atoms with Crippen LogP contribution in [0.2, 0.25) is 0 Å². The van der Waals surface area contributed by atoms with E-state index >= 15 is 0 Å². The summed E-state index contributed by atoms with van der Waals surface area (Å²) in [6, 6.07) is 8.92. The number of aromatic amines is 1. The Morgan fingerprint density at radius 1 is 1.28 bits per heavy atom. The van der Waals surface area contributed by atoms with Crippen molar-refractivity contribution in [3.05, 3.63) is 53.3 Å². The molecule has 0 saturated carbocycles. The van der Waals surface area contributed by atoms with Crippen molar-refractivity contribution >= 4 is 29.5 Å². The van der Waals surface area contributed by atoms with E-state index in [1.54, 1.807) is 18.3 Å². The van der Waals surface area contributed by atoms with Crippen molar-refractivity contribution < 1.29 is 9.90 Å². The van der Waals surface area contributed by atoms with Gasteiger partial charge in [0.05, 0.1) is 11.3 Å². The molecule has 0 fully saturated rings. The number of aromatic nitrogens is 1. The average molecular weight is 238 g/mol. The number of H-pyrrole nitrogens is 1. The number of nitrogens with one attached hydrogen (secondary N) is 1. The summed E-state index contributed by atoms with van der Waals surface area (Å²) in [4.78, 5) is 18.5. The van der Waals surface area contributed by atoms with E-state index in [0.29, 0.717) is 11.3 Å². The Hall–Kier alpha value is -2.62. The number of hydrogen-bond donors (Lipinski definition) is 2. The summed E-state index contributed by atoms with van der Waals surface area (Å²) in [5.74, 6) is -0.935. The Bertz CT molecular complexity index is 667. The molecule has 0 aliphatic carbocycles. The van der Waals surface area contributed by atoms with E-state index in [9.17, 15) is 9.90 Å². The lowest BCUT2D eigenvalue weighted by Gasteiger charge is -2.04. The predicted molar refractivity (Wildman–Crippen MR) is 70.2 cm³/mol. The molecule has 0 radical (unpaired) electrons. The number of hydrogen-bond acceptors (Lipinski definition) is 2. The zero-order valence-corrected chi connectivity index (χ0v) is 9.42. The molecule has 4 nitrogen and oxygen atoms in total. The number of nitrogens with zero attached hydrogens (tertiary/aromatic N) is 1. The molecule has 88 valence electrons. The molecular formula is C14H10N2O2. The number of carboxylic acids is 1. The average Bonchev–Trinajstić information content (AvgIpc) is 2.99. The Morgan fingerprint density at radius 3 is 2.89 bits per heavy atom. The summed E-state index contributed by atoms with van der Waals surface area (Å²) in [5, 5.41) is 9.20. The molecular weight excluding hydrogens is 228 g/mol. The van der Waals surface area contributed by atoms with Crippen LogP contribution in [0.15, 0.2) is 41.5 Å². The van der Waals surface area contributed by atoms with Crippen molar-refractivity contribution in [1.82, 2.24) is 4.98 Å². The van der Waals surface area contributed by atoms with Crippen LogP contribution in [0.5, 0.6) is 0 Å². The van der Waals surface area contributed by atoms with Gasteiger partial charge in [-0.1, -0.05) is 6.07 Å². The molecule has 2 heterocycles. The molecule has 18 heavy (non-hydrogen) atoms. The van der Waals surface area contributed by atoms with E-state index in [-0.39, 0.29) is 5.56 Å². The Balaban J connectivity index is 2.16. The highest BCUT2D eigenvalue weighted by atomic mass is 16.4. The normalized spacial score (nSPS) is 15.0. The minimum atomic E-state index is -0.935. The fraction of sp³-hybridized carbons (Fsp3) is 0. The number of rotatable bonds is 2. The van der Waals surface area contributed by atoms with Crippen LogP contribution >= 0.6 is 0 Å². The van der Waals surface area contributed by atoms with Crippen LogP contribution in [0.25, 0.3) is 11.6 Å². The zero-order valence-electron chi connectivity index (χ0n) is 9.42. The van der Waals surface area contributed by atoms with Crippen LogP contribution in [0, 0.1) is 0 Å². The topological polar surface area (TPSA) is 65.4 Å². The second kappa shape index (κ2) is 4.00. The first-order valence-electron chi connectivity index (χ1n) is 5.51. The van der Waals surface area contributed by atoms with Gasteiger partial charge in [-0.15, -0.1) is 0 Å². The van der Waals surface area contributed by atoms with Crippen LogP contribution in [-0.4, -0.2) is 22.3 Å². The Kier molecular flexibility index (Phi) is 2.34. The van der Waals surface area contributed by atoms with Crippen molar-refractivity contribution in [1.29, 1.82) is 0 Å². The van der Waals surface area contributed by atoms with Crippen LogP contribution in [0.3, 0.4) is 0 Å². The van der Waals surface area contributed by atoms with Gasteiger partial charge in [-0.25, -0.2) is 4.79 Å². The summed E-state index contributed by atoms with van der Waals surface area (Å²) in [6.07, 6.45) is 5.40. The van der Waals surface area contributed by atoms with Gasteiger partial charge in [0.2, 0.25) is 0 Å². The SMILES string of the molecule is O=C(O)c1cccc2c1C(=Cc1ccc[nH]1)C=N2. The molecule has 3 rings (SSSR count). The number of benzene rings is 1. The van der Waals surface area contributed by atoms with Crippen molar-refractivity contribution in [2.45, 2.75) is 0 Å². The summed E-state index contributed by atoms with van der Waals surface area (Å²) < 4.78 is 0. The van der Waals surface area contributed by atoms with Crippen molar-refractivity contribution in [2.24, 2.45) is 4.99 Å². The highest BCUT2D eigenvalue weighted by Crippen LogP contribution is 2.35. The number of carboxylic acid groups (broad SMARTS) is 1. The van der Waals surface area contributed by atoms with Crippen LogP contribution in [-0.2, 0) is 0 Å². The van der Waals surface area contributed by atoms with Crippen molar-refractivity contribution in [3.8, 4) is 0 Å². The summed E-state index contributed by atoms with van der Waals surface area (Å²) >= 11 is 0. The molecule has 2 N–H and O–H groups in total. The summed E-state index contributed by atoms with van der Waals surface area (Å²) in [6.45, 7) is 0. The highest BCUT2D eigenvalue weighted by Gasteiger charge is 2.20. The van der Waals surface area contributed by atoms with Crippen molar-refractivity contribution in [3.63, 3.8) is 0 Å². The first-order chi connectivity index (χ1) is 8.75. The third kappa shape index (κ3) is 1.64. The number of carbonyl (C=O) groups is 1. The van der Waals surface area contributed by atoms with Gasteiger partial charge in [0.15, 0.2) is 0 Å². The van der Waals surface area contributed by atoms with Gasteiger partial charge in [-0.3, -0.25) is 4.99 Å². The van der Waals surface area contributed by atoms with Crippen molar-refractivity contribution in [2.75, 3.05) is 0 Å². The summed E-state index contributed by atoms with van der Waals surface area (Å²) in [5.41, 5.74) is 3.39. The Labute approximate surface area is 103 Å². The quantitative estimate of drug-likeness (QED) is 0.844. The van der Waals surface area contributed by atoms with E-state index in [1.807, 2.05) is 30.5 Å². The molecule has 1 aliphatic heterocycles. The number of aliphatic imine (C=N–C) groups is 1. The molecule has 1 aliphatic rings. The standard InChI is InChI=1S/C14H10N2O2/c17-14(18)11-4-1-5-12-13(11)9(8-16-12)7-10-3-2-6-15-10/h1-8,15H,(H,17,18). The van der Waals surface area contributed by atoms with Gasteiger partial charge in [0.1, 0.15) is 0 Å². The number of aromatic carboxylic acids is 1. The maximum Gasteiger partial charge on any atom is 0.336 e. The third-order valence-electron chi connectivity index (χ3n) is 2.84. The van der Waals surface area contributed by atoms with Gasteiger partial charge >= 0.3 is 5.97 Å². The van der Waals surface area contributed by atoms with E-state index in [2.05, 4.69) is 9.98 Å². The second-order valence-corrected chi connectivity index (χ2v) is 3.99. The smallest absolute Gasteiger partial charge is 0.336 e. The van der Waals surface area contributed by atoms with Gasteiger partial charge in [0.25, 0.3) is 0 Å². The highest BCUT2D eigenvalue weighted by molar-refractivity contribution is 6.23. The van der Waals surface area contributed by atoms with Crippen LogP contribution < -0.4 is 0 Å². The van der Waals surface area contributed by atoms with Gasteiger partial charge in [-0.2, -0.15) is 0 Å². The second-order valence-electron chi connectivity index (χ2n) is 3.99. The minimum absolute atomic E-state index is 0.280. The lowest BCUT2D eigenvalue weighted by Crippen LogP contribution is -2.00. The zero-order chi connectivity index (χ0) is 12.5.